The van der Waals surface area contributed by atoms with E-state index in [1.807, 2.05) is 0 Å². The van der Waals surface area contributed by atoms with Gasteiger partial charge < -0.3 is 10.4 Å². The van der Waals surface area contributed by atoms with E-state index in [-0.39, 0.29) is 0 Å². The van der Waals surface area contributed by atoms with E-state index in [1.54, 1.807) is 18.2 Å². The SMILES string of the molecule is C/C(O)=C(\N=O)C(=O)Nc1cccc(Cl)c1. The summed E-state index contributed by atoms with van der Waals surface area (Å²) in [6.45, 7) is 1.20. The predicted molar refractivity (Wildman–Crippen MR) is 61.2 cm³/mol. The lowest BCUT2D eigenvalue weighted by molar-refractivity contribution is -0.113. The number of benzene rings is 1. The fraction of sp³-hybridized carbons (Fsp3) is 0.100. The van der Waals surface area contributed by atoms with Crippen molar-refractivity contribution in [3.63, 3.8) is 0 Å². The molecule has 0 aromatic heterocycles. The van der Waals surface area contributed by atoms with Crippen LogP contribution in [0, 0.1) is 4.91 Å². The van der Waals surface area contributed by atoms with Gasteiger partial charge in [-0.15, -0.1) is 4.91 Å². The Morgan fingerprint density at radius 2 is 2.19 bits per heavy atom. The molecule has 0 radical (unpaired) electrons. The quantitative estimate of drug-likeness (QED) is 0.484. The Balaban J connectivity index is 2.87. The van der Waals surface area contributed by atoms with Gasteiger partial charge in [0.2, 0.25) is 5.70 Å². The van der Waals surface area contributed by atoms with E-state index in [9.17, 15) is 9.70 Å². The van der Waals surface area contributed by atoms with Gasteiger partial charge in [-0.1, -0.05) is 17.7 Å². The first-order valence-electron chi connectivity index (χ1n) is 4.34. The minimum atomic E-state index is -0.780. The first-order chi connectivity index (χ1) is 7.54. The first kappa shape index (κ1) is 12.2. The van der Waals surface area contributed by atoms with Gasteiger partial charge in [-0.2, -0.15) is 0 Å². The number of nitrogens with zero attached hydrogens (tertiary/aromatic N) is 1. The summed E-state index contributed by atoms with van der Waals surface area (Å²) in [5.41, 5.74) is -0.139. The van der Waals surface area contributed by atoms with Gasteiger partial charge in [-0.25, -0.2) is 0 Å². The van der Waals surface area contributed by atoms with Crippen LogP contribution in [0.4, 0.5) is 5.69 Å². The van der Waals surface area contributed by atoms with Gasteiger partial charge in [0.05, 0.1) is 0 Å². The number of carbonyl (C=O) groups is 1. The van der Waals surface area contributed by atoms with Crippen molar-refractivity contribution in [1.29, 1.82) is 0 Å². The van der Waals surface area contributed by atoms with Gasteiger partial charge in [0.1, 0.15) is 5.76 Å². The summed E-state index contributed by atoms with van der Waals surface area (Å²) in [7, 11) is 0. The van der Waals surface area contributed by atoms with Gasteiger partial charge in [0.15, 0.2) is 0 Å². The maximum absolute atomic E-state index is 11.4. The Labute approximate surface area is 96.7 Å². The van der Waals surface area contributed by atoms with Crippen LogP contribution in [0.5, 0.6) is 0 Å². The average Bonchev–Trinajstić information content (AvgIpc) is 2.17. The highest BCUT2D eigenvalue weighted by Gasteiger charge is 2.13. The first-order valence-corrected chi connectivity index (χ1v) is 4.72. The second kappa shape index (κ2) is 5.27. The maximum Gasteiger partial charge on any atom is 0.281 e. The highest BCUT2D eigenvalue weighted by molar-refractivity contribution is 6.30. The van der Waals surface area contributed by atoms with Crippen molar-refractivity contribution in [2.24, 2.45) is 5.18 Å². The molecule has 1 amide bonds. The summed E-state index contributed by atoms with van der Waals surface area (Å²) in [5.74, 6) is -1.22. The normalized spacial score (nSPS) is 11.6. The molecule has 0 spiro atoms. The third-order valence-corrected chi connectivity index (χ3v) is 1.97. The third kappa shape index (κ3) is 3.06. The second-order valence-electron chi connectivity index (χ2n) is 2.99. The number of allylic oxidation sites excluding steroid dienone is 1. The van der Waals surface area contributed by atoms with E-state index in [0.29, 0.717) is 10.7 Å². The van der Waals surface area contributed by atoms with Crippen LogP contribution in [0.1, 0.15) is 6.92 Å². The van der Waals surface area contributed by atoms with Gasteiger partial charge in [0, 0.05) is 10.7 Å². The smallest absolute Gasteiger partial charge is 0.281 e. The van der Waals surface area contributed by atoms with Gasteiger partial charge in [0.25, 0.3) is 5.91 Å². The molecule has 1 aromatic rings. The molecular weight excluding hydrogens is 232 g/mol. The number of hydrogen-bond donors (Lipinski definition) is 2. The van der Waals surface area contributed by atoms with Gasteiger partial charge in [-0.05, 0) is 30.3 Å². The molecule has 0 aliphatic heterocycles. The number of halogens is 1. The molecule has 5 nitrogen and oxygen atoms in total. The van der Waals surface area contributed by atoms with Crippen molar-refractivity contribution in [1.82, 2.24) is 0 Å². The molecule has 0 saturated carbocycles. The fourth-order valence-corrected chi connectivity index (χ4v) is 1.22. The number of rotatable bonds is 3. The Bertz CT molecular complexity index is 453. The molecule has 84 valence electrons. The number of aliphatic hydroxyl groups excluding tert-OH is 1. The van der Waals surface area contributed by atoms with E-state index in [0.717, 1.165) is 0 Å². The summed E-state index contributed by atoms with van der Waals surface area (Å²) in [5, 5.41) is 14.3. The highest BCUT2D eigenvalue weighted by Crippen LogP contribution is 2.16. The number of aliphatic hydroxyl groups is 1. The standard InChI is InChI=1S/C10H9ClN2O3/c1-6(14)9(13-16)10(15)12-8-4-2-3-7(11)5-8/h2-5,14H,1H3,(H,12,15)/b9-6+. The van der Waals surface area contributed by atoms with Crippen LogP contribution in [0.25, 0.3) is 0 Å². The van der Waals surface area contributed by atoms with Crippen molar-refractivity contribution < 1.29 is 9.90 Å². The van der Waals surface area contributed by atoms with Crippen LogP contribution < -0.4 is 5.32 Å². The molecular formula is C10H9ClN2O3. The molecule has 0 saturated heterocycles. The average molecular weight is 241 g/mol. The van der Waals surface area contributed by atoms with Crippen LogP contribution in [-0.4, -0.2) is 11.0 Å². The fourth-order valence-electron chi connectivity index (χ4n) is 1.03. The minimum Gasteiger partial charge on any atom is -0.510 e. The minimum absolute atomic E-state index is 0.417. The summed E-state index contributed by atoms with van der Waals surface area (Å²) in [6.07, 6.45) is 0. The zero-order valence-electron chi connectivity index (χ0n) is 8.40. The number of anilines is 1. The van der Waals surface area contributed by atoms with E-state index < -0.39 is 17.4 Å². The van der Waals surface area contributed by atoms with Gasteiger partial charge >= 0.3 is 0 Å². The number of carbonyl (C=O) groups excluding carboxylic acids is 1. The number of nitrogens with one attached hydrogen (secondary N) is 1. The van der Waals surface area contributed by atoms with Crippen LogP contribution in [0.15, 0.2) is 40.9 Å². The highest BCUT2D eigenvalue weighted by atomic mass is 35.5. The van der Waals surface area contributed by atoms with Crippen LogP contribution in [0.3, 0.4) is 0 Å². The lowest BCUT2D eigenvalue weighted by atomic mass is 10.3. The van der Waals surface area contributed by atoms with Crippen molar-refractivity contribution in [2.45, 2.75) is 6.92 Å². The summed E-state index contributed by atoms with van der Waals surface area (Å²) in [4.78, 5) is 21.7. The lowest BCUT2D eigenvalue weighted by Crippen LogP contribution is -2.14. The van der Waals surface area contributed by atoms with Crippen molar-refractivity contribution >= 4 is 23.2 Å². The van der Waals surface area contributed by atoms with Crippen LogP contribution in [0.2, 0.25) is 5.02 Å². The topological polar surface area (TPSA) is 78.8 Å². The molecule has 0 heterocycles. The second-order valence-corrected chi connectivity index (χ2v) is 3.43. The van der Waals surface area contributed by atoms with E-state index in [4.69, 9.17) is 16.7 Å². The van der Waals surface area contributed by atoms with Crippen molar-refractivity contribution in [2.75, 3.05) is 5.32 Å². The van der Waals surface area contributed by atoms with Crippen molar-refractivity contribution in [3.05, 3.63) is 45.7 Å². The zero-order valence-corrected chi connectivity index (χ0v) is 9.15. The summed E-state index contributed by atoms with van der Waals surface area (Å²) < 4.78 is 0. The van der Waals surface area contributed by atoms with E-state index in [2.05, 4.69) is 10.5 Å². The molecule has 0 aliphatic carbocycles. The van der Waals surface area contributed by atoms with Crippen LogP contribution >= 0.6 is 11.6 Å². The molecule has 0 unspecified atom stereocenters. The molecule has 2 N–H and O–H groups in total. The summed E-state index contributed by atoms with van der Waals surface area (Å²) >= 11 is 5.71. The van der Waals surface area contributed by atoms with Crippen LogP contribution in [-0.2, 0) is 4.79 Å². The largest absolute Gasteiger partial charge is 0.510 e. The monoisotopic (exact) mass is 240 g/mol. The van der Waals surface area contributed by atoms with Crippen molar-refractivity contribution in [3.8, 4) is 0 Å². The van der Waals surface area contributed by atoms with E-state index in [1.165, 1.54) is 13.0 Å². The molecule has 6 heteroatoms. The molecule has 16 heavy (non-hydrogen) atoms. The molecule has 1 rings (SSSR count). The number of amides is 1. The Morgan fingerprint density at radius 1 is 1.50 bits per heavy atom. The molecule has 1 aromatic carbocycles. The molecule has 0 bridgehead atoms. The van der Waals surface area contributed by atoms with E-state index >= 15 is 0 Å². The molecule has 0 aliphatic rings. The number of hydrogen-bond acceptors (Lipinski definition) is 4. The third-order valence-electron chi connectivity index (χ3n) is 1.73. The van der Waals surface area contributed by atoms with Gasteiger partial charge in [-0.3, -0.25) is 4.79 Å². The Kier molecular flexibility index (Phi) is 4.02. The predicted octanol–water partition coefficient (Wildman–Crippen LogP) is 2.83. The maximum atomic E-state index is 11.4. The number of nitroso groups, excluding NO2 is 1. The molecule has 0 atom stereocenters. The molecule has 0 fully saturated rings. The summed E-state index contributed by atoms with van der Waals surface area (Å²) in [6, 6.07) is 6.39. The Hall–Kier alpha value is -1.88. The zero-order chi connectivity index (χ0) is 12.1. The lowest BCUT2D eigenvalue weighted by Gasteiger charge is -2.04. The Morgan fingerprint density at radius 3 is 2.69 bits per heavy atom.